The lowest BCUT2D eigenvalue weighted by atomic mass is 10.1. The monoisotopic (exact) mass is 352 g/mol. The van der Waals surface area contributed by atoms with Gasteiger partial charge in [0.15, 0.2) is 0 Å². The first kappa shape index (κ1) is 17.5. The smallest absolute Gasteiger partial charge is 0.254 e. The minimum absolute atomic E-state index is 0. The molecule has 1 aliphatic heterocycles. The molecule has 1 amide bonds. The number of nitrogens with one attached hydrogen (secondary N) is 2. The summed E-state index contributed by atoms with van der Waals surface area (Å²) >= 11 is 5.87. The van der Waals surface area contributed by atoms with Gasteiger partial charge in [-0.3, -0.25) is 4.79 Å². The van der Waals surface area contributed by atoms with Gasteiger partial charge in [-0.25, -0.2) is 4.68 Å². The van der Waals surface area contributed by atoms with Crippen molar-refractivity contribution < 1.29 is 4.79 Å². The van der Waals surface area contributed by atoms with E-state index < -0.39 is 0 Å². The van der Waals surface area contributed by atoms with Gasteiger partial charge in [0.1, 0.15) is 0 Å². The van der Waals surface area contributed by atoms with Crippen molar-refractivity contribution in [1.29, 1.82) is 0 Å². The number of hydrogen-bond acceptors (Lipinski definition) is 3. The van der Waals surface area contributed by atoms with Crippen LogP contribution in [-0.2, 0) is 0 Å². The van der Waals surface area contributed by atoms with E-state index in [2.05, 4.69) is 21.8 Å². The first-order chi connectivity index (χ1) is 10.7. The van der Waals surface area contributed by atoms with Gasteiger partial charge in [0.25, 0.3) is 5.91 Å². The Hall–Kier alpha value is -1.82. The van der Waals surface area contributed by atoms with Crippen LogP contribution in [0.2, 0.25) is 5.02 Å². The van der Waals surface area contributed by atoms with Gasteiger partial charge in [-0.05, 0) is 37.2 Å². The molecule has 0 aliphatic carbocycles. The summed E-state index contributed by atoms with van der Waals surface area (Å²) in [5, 5.41) is 11.1. The molecule has 5 nitrogen and oxygen atoms in total. The second-order valence-electron chi connectivity index (χ2n) is 5.15. The van der Waals surface area contributed by atoms with Crippen molar-refractivity contribution in [3.05, 3.63) is 58.9 Å². The number of hydrogen-bond donors (Lipinski definition) is 2. The van der Waals surface area contributed by atoms with Crippen LogP contribution in [0.25, 0.3) is 5.69 Å². The van der Waals surface area contributed by atoms with Crippen LogP contribution in [0.1, 0.15) is 16.8 Å². The molecule has 122 valence electrons. The SMILES string of the molecule is Cl.O=C(NCC1=CCNCC1)c1cnn(-c2ccc(Cl)cc2)c1. The fourth-order valence-electron chi connectivity index (χ4n) is 2.30. The van der Waals surface area contributed by atoms with E-state index in [1.807, 2.05) is 12.1 Å². The average molecular weight is 353 g/mol. The molecule has 0 radical (unpaired) electrons. The van der Waals surface area contributed by atoms with Crippen LogP contribution in [0.15, 0.2) is 48.3 Å². The van der Waals surface area contributed by atoms with Gasteiger partial charge in [0.05, 0.1) is 17.4 Å². The highest BCUT2D eigenvalue weighted by Gasteiger charge is 2.10. The molecule has 0 spiro atoms. The average Bonchev–Trinajstić information content (AvgIpc) is 3.04. The zero-order chi connectivity index (χ0) is 15.4. The molecule has 0 fully saturated rings. The molecular weight excluding hydrogens is 335 g/mol. The van der Waals surface area contributed by atoms with Crippen molar-refractivity contribution in [1.82, 2.24) is 20.4 Å². The fraction of sp³-hybridized carbons (Fsp3) is 0.250. The minimum Gasteiger partial charge on any atom is -0.348 e. The maximum absolute atomic E-state index is 12.2. The molecule has 0 bridgehead atoms. The lowest BCUT2D eigenvalue weighted by molar-refractivity contribution is 0.0956. The molecule has 23 heavy (non-hydrogen) atoms. The summed E-state index contributed by atoms with van der Waals surface area (Å²) in [4.78, 5) is 12.2. The van der Waals surface area contributed by atoms with Crippen LogP contribution in [0.3, 0.4) is 0 Å². The minimum atomic E-state index is -0.111. The molecule has 1 aromatic carbocycles. The van der Waals surface area contributed by atoms with Crippen LogP contribution in [-0.4, -0.2) is 35.3 Å². The van der Waals surface area contributed by atoms with Crippen LogP contribution in [0.4, 0.5) is 0 Å². The van der Waals surface area contributed by atoms with E-state index in [0.29, 0.717) is 17.1 Å². The van der Waals surface area contributed by atoms with Crippen LogP contribution in [0.5, 0.6) is 0 Å². The Morgan fingerprint density at radius 1 is 1.35 bits per heavy atom. The van der Waals surface area contributed by atoms with E-state index in [9.17, 15) is 4.79 Å². The molecule has 2 aromatic rings. The topological polar surface area (TPSA) is 59.0 Å². The molecule has 2 heterocycles. The Labute approximate surface area is 146 Å². The summed E-state index contributed by atoms with van der Waals surface area (Å²) < 4.78 is 1.66. The standard InChI is InChI=1S/C16H17ClN4O.ClH/c17-14-1-3-15(4-2-14)21-11-13(10-20-21)16(22)19-9-12-5-7-18-8-6-12;/h1-5,10-11,18H,6-9H2,(H,19,22);1H. The van der Waals surface area contributed by atoms with Crippen molar-refractivity contribution >= 4 is 29.9 Å². The maximum Gasteiger partial charge on any atom is 0.254 e. The van der Waals surface area contributed by atoms with Gasteiger partial charge in [0.2, 0.25) is 0 Å². The van der Waals surface area contributed by atoms with E-state index in [1.165, 1.54) is 5.57 Å². The lowest BCUT2D eigenvalue weighted by Gasteiger charge is -2.14. The van der Waals surface area contributed by atoms with Crippen LogP contribution < -0.4 is 10.6 Å². The number of carbonyl (C=O) groups excluding carboxylic acids is 1. The van der Waals surface area contributed by atoms with Gasteiger partial charge >= 0.3 is 0 Å². The van der Waals surface area contributed by atoms with E-state index in [-0.39, 0.29) is 18.3 Å². The van der Waals surface area contributed by atoms with E-state index in [1.54, 1.807) is 29.2 Å². The zero-order valence-electron chi connectivity index (χ0n) is 12.5. The van der Waals surface area contributed by atoms with Crippen LogP contribution >= 0.6 is 24.0 Å². The summed E-state index contributed by atoms with van der Waals surface area (Å²) in [6.45, 7) is 2.43. The number of amides is 1. The highest BCUT2D eigenvalue weighted by atomic mass is 35.5. The Bertz CT molecular complexity index is 694. The highest BCUT2D eigenvalue weighted by molar-refractivity contribution is 6.30. The fourth-order valence-corrected chi connectivity index (χ4v) is 2.43. The first-order valence-electron chi connectivity index (χ1n) is 7.20. The number of benzene rings is 1. The number of rotatable bonds is 4. The van der Waals surface area contributed by atoms with Gasteiger partial charge in [0, 0.05) is 24.3 Å². The highest BCUT2D eigenvalue weighted by Crippen LogP contribution is 2.13. The van der Waals surface area contributed by atoms with E-state index in [0.717, 1.165) is 25.2 Å². The zero-order valence-corrected chi connectivity index (χ0v) is 14.0. The Kier molecular flexibility index (Phi) is 6.21. The van der Waals surface area contributed by atoms with Crippen molar-refractivity contribution in [3.8, 4) is 5.69 Å². The van der Waals surface area contributed by atoms with Crippen molar-refractivity contribution in [2.75, 3.05) is 19.6 Å². The molecule has 1 aromatic heterocycles. The summed E-state index contributed by atoms with van der Waals surface area (Å²) in [6.07, 6.45) is 6.39. The number of halogens is 2. The van der Waals surface area contributed by atoms with Gasteiger partial charge in [-0.15, -0.1) is 12.4 Å². The Morgan fingerprint density at radius 2 is 2.13 bits per heavy atom. The van der Waals surface area contributed by atoms with Crippen LogP contribution in [0, 0.1) is 0 Å². The molecule has 0 unspecified atom stereocenters. The third kappa shape index (κ3) is 4.58. The Morgan fingerprint density at radius 3 is 2.83 bits per heavy atom. The first-order valence-corrected chi connectivity index (χ1v) is 7.57. The van der Waals surface area contributed by atoms with Crippen molar-refractivity contribution in [2.24, 2.45) is 0 Å². The van der Waals surface area contributed by atoms with Crippen molar-refractivity contribution in [2.45, 2.75) is 6.42 Å². The Balaban J connectivity index is 0.00000192. The quantitative estimate of drug-likeness (QED) is 0.831. The summed E-state index contributed by atoms with van der Waals surface area (Å²) in [5.74, 6) is -0.111. The molecule has 1 aliphatic rings. The number of nitrogens with zero attached hydrogens (tertiary/aromatic N) is 2. The molecule has 0 atom stereocenters. The van der Waals surface area contributed by atoms with E-state index in [4.69, 9.17) is 11.6 Å². The normalized spacial score (nSPS) is 13.9. The third-order valence-electron chi connectivity index (χ3n) is 3.57. The predicted molar refractivity (Wildman–Crippen MR) is 93.7 cm³/mol. The predicted octanol–water partition coefficient (Wildman–Crippen LogP) is 2.60. The largest absolute Gasteiger partial charge is 0.348 e. The summed E-state index contributed by atoms with van der Waals surface area (Å²) in [5.41, 5.74) is 2.67. The van der Waals surface area contributed by atoms with Gasteiger partial charge in [-0.2, -0.15) is 5.10 Å². The third-order valence-corrected chi connectivity index (χ3v) is 3.82. The molecule has 2 N–H and O–H groups in total. The number of aromatic nitrogens is 2. The molecule has 3 rings (SSSR count). The second-order valence-corrected chi connectivity index (χ2v) is 5.59. The molecule has 7 heteroatoms. The maximum atomic E-state index is 12.2. The second kappa shape index (κ2) is 8.15. The van der Waals surface area contributed by atoms with Gasteiger partial charge in [-0.1, -0.05) is 23.3 Å². The molecule has 0 saturated heterocycles. The lowest BCUT2D eigenvalue weighted by Crippen LogP contribution is -2.29. The molecule has 0 saturated carbocycles. The number of carbonyl (C=O) groups is 1. The van der Waals surface area contributed by atoms with E-state index >= 15 is 0 Å². The molecular formula is C16H18Cl2N4O. The van der Waals surface area contributed by atoms with Crippen molar-refractivity contribution in [3.63, 3.8) is 0 Å². The summed E-state index contributed by atoms with van der Waals surface area (Å²) in [6, 6.07) is 7.30. The van der Waals surface area contributed by atoms with Gasteiger partial charge < -0.3 is 10.6 Å². The summed E-state index contributed by atoms with van der Waals surface area (Å²) in [7, 11) is 0.